The second kappa shape index (κ2) is 2050. The van der Waals surface area contributed by atoms with E-state index >= 15 is 0 Å². The van der Waals surface area contributed by atoms with Crippen molar-refractivity contribution in [2.45, 2.75) is 0 Å². The van der Waals surface area contributed by atoms with Crippen molar-refractivity contribution in [2.75, 3.05) is 7.11 Å². The zero-order valence-electron chi connectivity index (χ0n) is 2.67. The van der Waals surface area contributed by atoms with Gasteiger partial charge in [0.1, 0.15) is 0 Å². The average molecular weight is 106 g/mol. The van der Waals surface area contributed by atoms with E-state index in [2.05, 4.69) is 0 Å². The van der Waals surface area contributed by atoms with Gasteiger partial charge in [0.15, 0.2) is 0 Å². The number of rotatable bonds is 0. The van der Waals surface area contributed by atoms with Gasteiger partial charge in [0.05, 0.1) is 8.41 Å². The summed E-state index contributed by atoms with van der Waals surface area (Å²) in [6, 6.07) is 0. The molecule has 0 heterocycles. The Morgan fingerprint density at radius 3 is 0.833 bits per heavy atom. The summed E-state index contributed by atoms with van der Waals surface area (Å²) in [5.41, 5.74) is 0. The van der Waals surface area contributed by atoms with Gasteiger partial charge in [0.25, 0.3) is 0 Å². The molecule has 1 nitrogen and oxygen atoms in total. The monoisotopic (exact) mass is 106 g/mol. The Hall–Kier alpha value is -0.185. The lowest BCUT2D eigenvalue weighted by atomic mass is 10.8. The van der Waals surface area contributed by atoms with Crippen LogP contribution in [0.15, 0.2) is 0 Å². The summed E-state index contributed by atoms with van der Waals surface area (Å²) < 4.78 is 0. The molecule has 0 aromatic heterocycles. The third-order valence-corrected chi connectivity index (χ3v) is 0. The first kappa shape index (κ1) is 203. The summed E-state index contributed by atoms with van der Waals surface area (Å²) in [6.07, 6.45) is 0. The maximum atomic E-state index is 7.00. The number of hydrogen-bond acceptors (Lipinski definition) is 1. The van der Waals surface area contributed by atoms with E-state index in [9.17, 15) is 0 Å². The fourth-order valence-corrected chi connectivity index (χ4v) is 0. The lowest BCUT2D eigenvalue weighted by Crippen LogP contribution is -1.25. The summed E-state index contributed by atoms with van der Waals surface area (Å²) in [7, 11) is 1.00. The van der Waals surface area contributed by atoms with E-state index in [1.807, 2.05) is 0 Å². The number of halogens is 3. The highest BCUT2D eigenvalue weighted by Gasteiger charge is 0.839. The topological polar surface area (TPSA) is 20.2 Å². The van der Waals surface area contributed by atoms with Crippen LogP contribution < -0.4 is 0 Å². The van der Waals surface area contributed by atoms with Crippen LogP contribution in [0.4, 0.5) is 14.1 Å². The van der Waals surface area contributed by atoms with E-state index in [4.69, 9.17) is 5.11 Å². The zero-order valence-corrected chi connectivity index (χ0v) is 2.67. The molecule has 0 spiro atoms. The Morgan fingerprint density at radius 1 is 0.833 bits per heavy atom. The molecule has 0 aromatic carbocycles. The predicted molar refractivity (Wildman–Crippen MR) is 25.6 cm³/mol. The Kier molecular flexibility index (Phi) is 69200. The van der Waals surface area contributed by atoms with Crippen LogP contribution in [0.25, 0.3) is 0 Å². The summed E-state index contributed by atoms with van der Waals surface area (Å²) in [6.45, 7) is 0. The summed E-state index contributed by atoms with van der Waals surface area (Å²) in [5.74, 6) is 0. The fourth-order valence-electron chi connectivity index (χ4n) is 0. The SMILES string of the molecule is B.CO.F.F.F. The molecular weight excluding hydrogens is 95.8 g/mol. The molecule has 1 N–H and O–H groups in total. The van der Waals surface area contributed by atoms with Gasteiger partial charge in [-0.2, -0.15) is 0 Å². The van der Waals surface area contributed by atoms with Gasteiger partial charge in [-0.15, -0.1) is 0 Å². The van der Waals surface area contributed by atoms with Gasteiger partial charge in [-0.25, -0.2) is 0 Å². The minimum Gasteiger partial charge on any atom is -0.400 e. The van der Waals surface area contributed by atoms with Crippen molar-refractivity contribution in [3.05, 3.63) is 0 Å². The van der Waals surface area contributed by atoms with Crippen molar-refractivity contribution in [3.63, 3.8) is 0 Å². The highest BCUT2D eigenvalue weighted by atomic mass is 19.0. The molecule has 0 saturated carbocycles. The highest BCUT2D eigenvalue weighted by molar-refractivity contribution is 5.75. The van der Waals surface area contributed by atoms with Gasteiger partial charge >= 0.3 is 0 Å². The van der Waals surface area contributed by atoms with Crippen molar-refractivity contribution in [1.82, 2.24) is 0 Å². The molecule has 5 heteroatoms. The highest BCUT2D eigenvalue weighted by Crippen LogP contribution is 0.755. The van der Waals surface area contributed by atoms with Gasteiger partial charge in [0.2, 0.25) is 0 Å². The molecule has 0 fully saturated rings. The first-order chi connectivity index (χ1) is 1.00. The first-order valence-electron chi connectivity index (χ1n) is 0.447. The summed E-state index contributed by atoms with van der Waals surface area (Å²) in [5, 5.41) is 7.00. The lowest BCUT2D eigenvalue weighted by molar-refractivity contribution is 0.399. The minimum absolute atomic E-state index is 0. The molecule has 0 aliphatic rings. The predicted octanol–water partition coefficient (Wildman–Crippen LogP) is -1.12. The Balaban J connectivity index is -0.000000000833. The number of aliphatic hydroxyl groups is 1. The smallest absolute Gasteiger partial charge is 0.0814 e. The van der Waals surface area contributed by atoms with Crippen LogP contribution in [0.1, 0.15) is 0 Å². The van der Waals surface area contributed by atoms with Crippen molar-refractivity contribution < 1.29 is 19.2 Å². The van der Waals surface area contributed by atoms with E-state index < -0.39 is 0 Å². The molecule has 6 heavy (non-hydrogen) atoms. The van der Waals surface area contributed by atoms with Crippen molar-refractivity contribution in [1.29, 1.82) is 0 Å². The first-order valence-corrected chi connectivity index (χ1v) is 0.447. The molecule has 0 radical (unpaired) electrons. The van der Waals surface area contributed by atoms with E-state index in [0.29, 0.717) is 0 Å². The third kappa shape index (κ3) is 883. The Bertz CT molecular complexity index is 10.8. The van der Waals surface area contributed by atoms with Gasteiger partial charge in [-0.05, 0) is 0 Å². The van der Waals surface area contributed by atoms with Crippen LogP contribution in [0, 0.1) is 0 Å². The molecule has 0 bridgehead atoms. The van der Waals surface area contributed by atoms with E-state index in [-0.39, 0.29) is 22.5 Å². The molecule has 0 rings (SSSR count). The second-order valence-electron chi connectivity index (χ2n) is 0. The molecule has 0 aliphatic carbocycles. The van der Waals surface area contributed by atoms with E-state index in [0.717, 1.165) is 7.11 Å². The van der Waals surface area contributed by atoms with Crippen molar-refractivity contribution in [3.8, 4) is 0 Å². The molecular formula is CH10BF3O. The number of hydrogen-bond donors (Lipinski definition) is 1. The van der Waals surface area contributed by atoms with Crippen molar-refractivity contribution in [2.24, 2.45) is 0 Å². The largest absolute Gasteiger partial charge is 0.400 e. The van der Waals surface area contributed by atoms with Crippen LogP contribution >= 0.6 is 0 Å². The molecule has 0 aliphatic heterocycles. The minimum atomic E-state index is 0. The number of aliphatic hydroxyl groups excluding tert-OH is 1. The average Bonchev–Trinajstić information content (AvgIpc) is 1.00. The standard InChI is InChI=1S/CH4O.BH3.3FH/c1-2;;;;/h2H,1H3;1H3;3*1H. The summed E-state index contributed by atoms with van der Waals surface area (Å²) in [4.78, 5) is 0. The molecule has 0 unspecified atom stereocenters. The molecule has 0 atom stereocenters. The maximum absolute atomic E-state index is 7.00. The zero-order chi connectivity index (χ0) is 2.00. The molecule has 0 saturated heterocycles. The van der Waals surface area contributed by atoms with Crippen LogP contribution in [0.5, 0.6) is 0 Å². The van der Waals surface area contributed by atoms with Crippen LogP contribution in [0.3, 0.4) is 0 Å². The molecule has 44 valence electrons. The van der Waals surface area contributed by atoms with Gasteiger partial charge in [-0.1, -0.05) is 0 Å². The second-order valence-corrected chi connectivity index (χ2v) is 0. The fraction of sp³-hybridized carbons (Fsp3) is 1.00. The van der Waals surface area contributed by atoms with Crippen LogP contribution in [-0.4, -0.2) is 20.6 Å². The normalized spacial score (nSPS) is 1.00. The van der Waals surface area contributed by atoms with E-state index in [1.165, 1.54) is 0 Å². The quantitative estimate of drug-likeness (QED) is 0.388. The molecule has 0 amide bonds. The van der Waals surface area contributed by atoms with Gasteiger partial charge in [0, 0.05) is 7.11 Å². The molecule has 0 aromatic rings. The lowest BCUT2D eigenvalue weighted by Gasteiger charge is -1.21. The van der Waals surface area contributed by atoms with Gasteiger partial charge < -0.3 is 5.11 Å². The maximum Gasteiger partial charge on any atom is 0.0814 e. The van der Waals surface area contributed by atoms with E-state index in [1.54, 1.807) is 0 Å². The third-order valence-electron chi connectivity index (χ3n) is 0. The van der Waals surface area contributed by atoms with Crippen LogP contribution in [-0.2, 0) is 0 Å². The van der Waals surface area contributed by atoms with Crippen LogP contribution in [0.2, 0.25) is 0 Å². The van der Waals surface area contributed by atoms with Gasteiger partial charge in [-0.3, -0.25) is 14.1 Å². The van der Waals surface area contributed by atoms with Crippen molar-refractivity contribution >= 4 is 8.41 Å². The summed E-state index contributed by atoms with van der Waals surface area (Å²) >= 11 is 0. The Labute approximate surface area is 36.0 Å². The Morgan fingerprint density at radius 2 is 0.833 bits per heavy atom.